The minimum Gasteiger partial charge on any atom is -0.450 e. The molecule has 0 aliphatic heterocycles. The summed E-state index contributed by atoms with van der Waals surface area (Å²) in [5, 5.41) is 11.1. The summed E-state index contributed by atoms with van der Waals surface area (Å²) in [5.74, 6) is -5.92. The lowest BCUT2D eigenvalue weighted by molar-refractivity contribution is -0.388. The minimum absolute atomic E-state index is 0.0548. The van der Waals surface area contributed by atoms with Gasteiger partial charge in [0.15, 0.2) is 5.82 Å². The molecule has 0 fully saturated rings. The summed E-state index contributed by atoms with van der Waals surface area (Å²) in [5.41, 5.74) is 1.11. The van der Waals surface area contributed by atoms with E-state index in [1.165, 1.54) is 12.3 Å². The van der Waals surface area contributed by atoms with Crippen molar-refractivity contribution in [3.05, 3.63) is 69.2 Å². The van der Waals surface area contributed by atoms with E-state index in [1.807, 2.05) is 27.7 Å². The van der Waals surface area contributed by atoms with Crippen LogP contribution in [-0.2, 0) is 0 Å². The van der Waals surface area contributed by atoms with Crippen LogP contribution >= 0.6 is 0 Å². The Morgan fingerprint density at radius 2 is 1.67 bits per heavy atom. The molecule has 0 unspecified atom stereocenters. The summed E-state index contributed by atoms with van der Waals surface area (Å²) < 4.78 is 47.0. The van der Waals surface area contributed by atoms with E-state index in [2.05, 4.69) is 4.98 Å². The third-order valence-electron chi connectivity index (χ3n) is 3.82. The van der Waals surface area contributed by atoms with Crippen LogP contribution in [0.4, 0.5) is 18.9 Å². The number of halogens is 3. The van der Waals surface area contributed by atoms with E-state index in [4.69, 9.17) is 4.74 Å². The van der Waals surface area contributed by atoms with Gasteiger partial charge in [0.25, 0.3) is 0 Å². The van der Waals surface area contributed by atoms with Gasteiger partial charge in [-0.05, 0) is 43.2 Å². The van der Waals surface area contributed by atoms with Crippen molar-refractivity contribution in [3.8, 4) is 11.5 Å². The van der Waals surface area contributed by atoms with Crippen LogP contribution in [0.2, 0.25) is 0 Å². The highest BCUT2D eigenvalue weighted by atomic mass is 19.2. The van der Waals surface area contributed by atoms with Crippen molar-refractivity contribution in [2.24, 2.45) is 0 Å². The zero-order valence-corrected chi connectivity index (χ0v) is 15.1. The van der Waals surface area contributed by atoms with Crippen molar-refractivity contribution in [1.29, 1.82) is 0 Å². The predicted molar refractivity (Wildman–Crippen MR) is 95.6 cm³/mol. The van der Waals surface area contributed by atoms with E-state index in [-0.39, 0.29) is 11.8 Å². The highest BCUT2D eigenvalue weighted by molar-refractivity contribution is 5.86. The number of aryl methyl sites for hydroxylation is 2. The number of nitrogens with zero attached hydrogens (tertiary/aromatic N) is 2. The number of fused-ring (bicyclic) bond motifs is 1. The van der Waals surface area contributed by atoms with Gasteiger partial charge in [-0.2, -0.15) is 8.78 Å². The quantitative estimate of drug-likeness (QED) is 0.319. The molecule has 0 N–H and O–H groups in total. The maximum Gasteiger partial charge on any atom is 0.311 e. The number of nitro benzene ring substituents is 1. The average molecular weight is 378 g/mol. The Morgan fingerprint density at radius 3 is 2.30 bits per heavy atom. The fourth-order valence-electron chi connectivity index (χ4n) is 2.37. The maximum atomic E-state index is 14.1. The van der Waals surface area contributed by atoms with Crippen molar-refractivity contribution < 1.29 is 22.8 Å². The number of pyridine rings is 1. The molecule has 2 aromatic carbocycles. The summed E-state index contributed by atoms with van der Waals surface area (Å²) in [7, 11) is 0. The van der Waals surface area contributed by atoms with Gasteiger partial charge in [0.2, 0.25) is 17.4 Å². The Morgan fingerprint density at radius 1 is 1.04 bits per heavy atom. The molecule has 0 atom stereocenters. The molecule has 0 aliphatic carbocycles. The van der Waals surface area contributed by atoms with E-state index in [1.54, 1.807) is 12.1 Å². The van der Waals surface area contributed by atoms with Crippen molar-refractivity contribution >= 4 is 16.6 Å². The normalized spacial score (nSPS) is 10.3. The summed E-state index contributed by atoms with van der Waals surface area (Å²) in [6, 6.07) is 5.16. The Labute approximate surface area is 153 Å². The number of aromatic nitrogens is 1. The molecule has 3 aromatic rings. The Balaban J connectivity index is 0.00000126. The van der Waals surface area contributed by atoms with Crippen LogP contribution in [0.3, 0.4) is 0 Å². The number of hydrogen-bond donors (Lipinski definition) is 0. The van der Waals surface area contributed by atoms with E-state index in [0.29, 0.717) is 10.9 Å². The van der Waals surface area contributed by atoms with Gasteiger partial charge in [0.1, 0.15) is 5.75 Å². The number of ether oxygens (including phenoxy) is 1. The van der Waals surface area contributed by atoms with Gasteiger partial charge in [-0.25, -0.2) is 4.39 Å². The SMILES string of the molecule is CC.Cc1cc2nccc(Oc3c(F)cc([N+](=O)[O-])c(F)c3F)c2cc1C. The first-order valence-corrected chi connectivity index (χ1v) is 8.15. The molecule has 0 aliphatic rings. The fourth-order valence-corrected chi connectivity index (χ4v) is 2.37. The first-order valence-electron chi connectivity index (χ1n) is 8.15. The number of nitro groups is 1. The lowest BCUT2D eigenvalue weighted by Gasteiger charge is -2.12. The standard InChI is InChI=1S/C17H11F3N2O3.C2H6/c1-8-5-10-12(6-9(8)2)21-4-3-14(10)25-17-11(18)7-13(22(23)24)15(19)16(17)20;1-2/h3-7H,1-2H3;1-2H3. The smallest absolute Gasteiger partial charge is 0.311 e. The van der Waals surface area contributed by atoms with Crippen LogP contribution in [0.5, 0.6) is 11.5 Å². The molecular weight excluding hydrogens is 361 g/mol. The minimum atomic E-state index is -1.79. The molecule has 27 heavy (non-hydrogen) atoms. The molecule has 1 aromatic heterocycles. The van der Waals surface area contributed by atoms with Gasteiger partial charge in [-0.1, -0.05) is 13.8 Å². The first kappa shape index (κ1) is 20.2. The largest absolute Gasteiger partial charge is 0.450 e. The summed E-state index contributed by atoms with van der Waals surface area (Å²) in [6.07, 6.45) is 1.38. The number of benzene rings is 2. The first-order chi connectivity index (χ1) is 12.8. The third-order valence-corrected chi connectivity index (χ3v) is 3.82. The second-order valence-electron chi connectivity index (χ2n) is 5.46. The monoisotopic (exact) mass is 378 g/mol. The lowest BCUT2D eigenvalue weighted by atomic mass is 10.1. The van der Waals surface area contributed by atoms with Gasteiger partial charge in [-0.3, -0.25) is 15.1 Å². The van der Waals surface area contributed by atoms with Crippen LogP contribution in [-0.4, -0.2) is 9.91 Å². The highest BCUT2D eigenvalue weighted by Crippen LogP contribution is 2.36. The second kappa shape index (κ2) is 8.03. The zero-order valence-electron chi connectivity index (χ0n) is 15.1. The molecular formula is C19H17F3N2O3. The van der Waals surface area contributed by atoms with Gasteiger partial charge >= 0.3 is 5.69 Å². The second-order valence-corrected chi connectivity index (χ2v) is 5.46. The topological polar surface area (TPSA) is 65.3 Å². The van der Waals surface area contributed by atoms with Gasteiger partial charge in [-0.15, -0.1) is 0 Å². The summed E-state index contributed by atoms with van der Waals surface area (Å²) in [4.78, 5) is 13.6. The van der Waals surface area contributed by atoms with Crippen molar-refractivity contribution in [2.45, 2.75) is 27.7 Å². The van der Waals surface area contributed by atoms with Crippen LogP contribution in [0.25, 0.3) is 10.9 Å². The Hall–Kier alpha value is -3.16. The molecule has 0 saturated carbocycles. The van der Waals surface area contributed by atoms with Crippen molar-refractivity contribution in [2.75, 3.05) is 0 Å². The molecule has 0 saturated heterocycles. The van der Waals surface area contributed by atoms with Crippen molar-refractivity contribution in [3.63, 3.8) is 0 Å². The average Bonchev–Trinajstić information content (AvgIpc) is 2.64. The van der Waals surface area contributed by atoms with Gasteiger partial charge in [0.05, 0.1) is 16.5 Å². The number of hydrogen-bond acceptors (Lipinski definition) is 4. The molecule has 3 rings (SSSR count). The van der Waals surface area contributed by atoms with E-state index in [9.17, 15) is 23.3 Å². The molecule has 0 spiro atoms. The molecule has 5 nitrogen and oxygen atoms in total. The molecule has 0 radical (unpaired) electrons. The molecule has 0 amide bonds. The van der Waals surface area contributed by atoms with E-state index in [0.717, 1.165) is 11.1 Å². The lowest BCUT2D eigenvalue weighted by Crippen LogP contribution is -2.02. The van der Waals surface area contributed by atoms with Crippen LogP contribution in [0, 0.1) is 41.4 Å². The highest BCUT2D eigenvalue weighted by Gasteiger charge is 2.27. The Kier molecular flexibility index (Phi) is 5.99. The van der Waals surface area contributed by atoms with Crippen LogP contribution in [0.1, 0.15) is 25.0 Å². The molecule has 1 heterocycles. The van der Waals surface area contributed by atoms with Crippen LogP contribution in [0.15, 0.2) is 30.5 Å². The molecule has 8 heteroatoms. The summed E-state index contributed by atoms with van der Waals surface area (Å²) >= 11 is 0. The number of rotatable bonds is 3. The summed E-state index contributed by atoms with van der Waals surface area (Å²) in [6.45, 7) is 7.73. The maximum absolute atomic E-state index is 14.1. The third kappa shape index (κ3) is 3.84. The van der Waals surface area contributed by atoms with Crippen molar-refractivity contribution in [1.82, 2.24) is 4.98 Å². The van der Waals surface area contributed by atoms with Crippen LogP contribution < -0.4 is 4.74 Å². The molecule has 142 valence electrons. The van der Waals surface area contributed by atoms with Gasteiger partial charge in [0, 0.05) is 11.6 Å². The molecule has 0 bridgehead atoms. The predicted octanol–water partition coefficient (Wildman–Crippen LogP) is 6.00. The Bertz CT molecular complexity index is 1020. The van der Waals surface area contributed by atoms with E-state index >= 15 is 0 Å². The van der Waals surface area contributed by atoms with E-state index < -0.39 is 33.8 Å². The van der Waals surface area contributed by atoms with Gasteiger partial charge < -0.3 is 4.74 Å². The zero-order chi connectivity index (χ0) is 20.3. The fraction of sp³-hybridized carbons (Fsp3) is 0.211.